The molecule has 0 aromatic heterocycles. The third-order valence-corrected chi connectivity index (χ3v) is 5.44. The summed E-state index contributed by atoms with van der Waals surface area (Å²) >= 11 is 0. The van der Waals surface area contributed by atoms with Crippen LogP contribution in [0.5, 0.6) is 0 Å². The van der Waals surface area contributed by atoms with E-state index in [0.717, 1.165) is 39.0 Å². The number of nitrogens with zero attached hydrogens (tertiary/aromatic N) is 1. The largest absolute Gasteiger partial charge is 0.379 e. The second kappa shape index (κ2) is 12.1. The number of hydrogen-bond acceptors (Lipinski definition) is 6. The summed E-state index contributed by atoms with van der Waals surface area (Å²) in [5.41, 5.74) is 0.424. The molecule has 0 bridgehead atoms. The van der Waals surface area contributed by atoms with E-state index >= 15 is 0 Å². The molecule has 172 valence electrons. The molecule has 2 atom stereocenters. The van der Waals surface area contributed by atoms with Gasteiger partial charge in [-0.25, -0.2) is 4.39 Å². The Morgan fingerprint density at radius 2 is 2.03 bits per heavy atom. The topological polar surface area (TPSA) is 89.1 Å². The fourth-order valence-electron chi connectivity index (χ4n) is 3.51. The standard InChI is InChI=1S/C22H32FN3O5/c1-16(31-15-18-4-2-3-11-30-18)22(28)24-17-5-6-19(23)20(14-17)25-21(27)7-8-26-9-12-29-13-10-26/h5-6,14,16,18H,2-4,7-13,15H2,1H3,(H,24,28)(H,25,27). The number of carbonyl (C=O) groups excluding carboxylic acids is 2. The van der Waals surface area contributed by atoms with Crippen LogP contribution < -0.4 is 10.6 Å². The summed E-state index contributed by atoms with van der Waals surface area (Å²) in [7, 11) is 0. The lowest BCUT2D eigenvalue weighted by Crippen LogP contribution is -2.38. The Morgan fingerprint density at radius 1 is 1.23 bits per heavy atom. The Labute approximate surface area is 182 Å². The summed E-state index contributed by atoms with van der Waals surface area (Å²) in [5.74, 6) is -1.18. The Bertz CT molecular complexity index is 736. The molecule has 0 radical (unpaired) electrons. The van der Waals surface area contributed by atoms with Crippen molar-refractivity contribution < 1.29 is 28.2 Å². The number of ether oxygens (including phenoxy) is 3. The molecular weight excluding hydrogens is 405 g/mol. The molecule has 1 aromatic rings. The average Bonchev–Trinajstić information content (AvgIpc) is 2.79. The van der Waals surface area contributed by atoms with Gasteiger partial charge in [-0.2, -0.15) is 0 Å². The Balaban J connectivity index is 1.46. The molecule has 1 aromatic carbocycles. The summed E-state index contributed by atoms with van der Waals surface area (Å²) < 4.78 is 30.7. The van der Waals surface area contributed by atoms with Crippen molar-refractivity contribution in [2.45, 2.75) is 44.8 Å². The number of benzene rings is 1. The van der Waals surface area contributed by atoms with Crippen molar-refractivity contribution in [3.05, 3.63) is 24.0 Å². The molecule has 0 saturated carbocycles. The molecule has 3 rings (SSSR count). The molecule has 8 nitrogen and oxygen atoms in total. The monoisotopic (exact) mass is 437 g/mol. The molecule has 2 saturated heterocycles. The minimum atomic E-state index is -0.679. The quantitative estimate of drug-likeness (QED) is 0.617. The van der Waals surface area contributed by atoms with Crippen molar-refractivity contribution in [2.24, 2.45) is 0 Å². The van der Waals surface area contributed by atoms with Gasteiger partial charge in [0.15, 0.2) is 0 Å². The van der Waals surface area contributed by atoms with Crippen molar-refractivity contribution in [1.82, 2.24) is 4.90 Å². The third-order valence-electron chi connectivity index (χ3n) is 5.44. The van der Waals surface area contributed by atoms with E-state index in [2.05, 4.69) is 15.5 Å². The van der Waals surface area contributed by atoms with E-state index in [4.69, 9.17) is 14.2 Å². The van der Waals surface area contributed by atoms with Gasteiger partial charge < -0.3 is 24.8 Å². The zero-order valence-corrected chi connectivity index (χ0v) is 18.0. The van der Waals surface area contributed by atoms with E-state index in [-0.39, 0.29) is 30.0 Å². The SMILES string of the molecule is CC(OCC1CCCCO1)C(=O)Nc1ccc(F)c(NC(=O)CCN2CCOCC2)c1. The van der Waals surface area contributed by atoms with Gasteiger partial charge >= 0.3 is 0 Å². The van der Waals surface area contributed by atoms with Crippen molar-refractivity contribution in [3.63, 3.8) is 0 Å². The van der Waals surface area contributed by atoms with E-state index in [0.29, 0.717) is 32.1 Å². The van der Waals surface area contributed by atoms with Crippen LogP contribution in [-0.4, -0.2) is 75.0 Å². The third kappa shape index (κ3) is 7.84. The Kier molecular flexibility index (Phi) is 9.20. The highest BCUT2D eigenvalue weighted by Gasteiger charge is 2.20. The van der Waals surface area contributed by atoms with Crippen LogP contribution in [0.2, 0.25) is 0 Å². The normalized spacial score (nSPS) is 20.8. The van der Waals surface area contributed by atoms with E-state index in [1.165, 1.54) is 18.2 Å². The molecular formula is C22H32FN3O5. The van der Waals surface area contributed by atoms with Crippen molar-refractivity contribution in [2.75, 3.05) is 56.7 Å². The van der Waals surface area contributed by atoms with Gasteiger partial charge in [-0.3, -0.25) is 14.5 Å². The van der Waals surface area contributed by atoms with Crippen LogP contribution in [0.3, 0.4) is 0 Å². The number of halogens is 1. The number of morpholine rings is 1. The van der Waals surface area contributed by atoms with Crippen molar-refractivity contribution in [1.29, 1.82) is 0 Å². The molecule has 2 amide bonds. The van der Waals surface area contributed by atoms with Gasteiger partial charge in [0.25, 0.3) is 5.91 Å². The maximum Gasteiger partial charge on any atom is 0.253 e. The minimum Gasteiger partial charge on any atom is -0.379 e. The van der Waals surface area contributed by atoms with Gasteiger partial charge in [-0.15, -0.1) is 0 Å². The summed E-state index contributed by atoms with van der Waals surface area (Å²) in [6.45, 7) is 6.24. The van der Waals surface area contributed by atoms with Crippen molar-refractivity contribution in [3.8, 4) is 0 Å². The molecule has 2 unspecified atom stereocenters. The number of rotatable bonds is 9. The van der Waals surface area contributed by atoms with Gasteiger partial charge in [0.1, 0.15) is 11.9 Å². The summed E-state index contributed by atoms with van der Waals surface area (Å²) in [6.07, 6.45) is 2.69. The van der Waals surface area contributed by atoms with Crippen LogP contribution in [0.15, 0.2) is 18.2 Å². The van der Waals surface area contributed by atoms with Gasteiger partial charge in [0, 0.05) is 38.3 Å². The highest BCUT2D eigenvalue weighted by molar-refractivity contribution is 5.96. The van der Waals surface area contributed by atoms with Gasteiger partial charge in [0.2, 0.25) is 5.91 Å². The van der Waals surface area contributed by atoms with E-state index in [1.54, 1.807) is 6.92 Å². The zero-order valence-electron chi connectivity index (χ0n) is 18.0. The predicted octanol–water partition coefficient (Wildman–Crippen LogP) is 2.40. The molecule has 2 heterocycles. The van der Waals surface area contributed by atoms with Crippen LogP contribution in [0.4, 0.5) is 15.8 Å². The fraction of sp³-hybridized carbons (Fsp3) is 0.636. The van der Waals surface area contributed by atoms with Crippen LogP contribution in [0, 0.1) is 5.82 Å². The van der Waals surface area contributed by atoms with E-state index in [1.807, 2.05) is 0 Å². The number of carbonyl (C=O) groups is 2. The smallest absolute Gasteiger partial charge is 0.253 e. The average molecular weight is 438 g/mol. The summed E-state index contributed by atoms with van der Waals surface area (Å²) in [6, 6.07) is 4.08. The first kappa shape index (κ1) is 23.6. The van der Waals surface area contributed by atoms with Crippen LogP contribution >= 0.6 is 0 Å². The number of nitrogens with one attached hydrogen (secondary N) is 2. The fourth-order valence-corrected chi connectivity index (χ4v) is 3.51. The maximum atomic E-state index is 14.2. The highest BCUT2D eigenvalue weighted by Crippen LogP contribution is 2.21. The molecule has 0 aliphatic carbocycles. The molecule has 31 heavy (non-hydrogen) atoms. The molecule has 2 fully saturated rings. The number of anilines is 2. The lowest BCUT2D eigenvalue weighted by atomic mass is 10.1. The first-order valence-corrected chi connectivity index (χ1v) is 10.9. The van der Waals surface area contributed by atoms with Gasteiger partial charge in [-0.05, 0) is 44.4 Å². The minimum absolute atomic E-state index is 0.0223. The zero-order chi connectivity index (χ0) is 22.1. The lowest BCUT2D eigenvalue weighted by Gasteiger charge is -2.26. The molecule has 2 N–H and O–H groups in total. The Morgan fingerprint density at radius 3 is 2.77 bits per heavy atom. The second-order valence-corrected chi connectivity index (χ2v) is 7.90. The van der Waals surface area contributed by atoms with Gasteiger partial charge in [0.05, 0.1) is 31.6 Å². The van der Waals surface area contributed by atoms with Crippen LogP contribution in [0.25, 0.3) is 0 Å². The first-order chi connectivity index (χ1) is 15.0. The first-order valence-electron chi connectivity index (χ1n) is 10.9. The van der Waals surface area contributed by atoms with Crippen LogP contribution in [-0.2, 0) is 23.8 Å². The number of hydrogen-bond donors (Lipinski definition) is 2. The highest BCUT2D eigenvalue weighted by atomic mass is 19.1. The Hall–Kier alpha value is -2.07. The summed E-state index contributed by atoms with van der Waals surface area (Å²) in [5, 5.41) is 5.30. The van der Waals surface area contributed by atoms with Gasteiger partial charge in [-0.1, -0.05) is 0 Å². The van der Waals surface area contributed by atoms with E-state index < -0.39 is 11.9 Å². The second-order valence-electron chi connectivity index (χ2n) is 7.90. The maximum absolute atomic E-state index is 14.2. The molecule has 2 aliphatic rings. The molecule has 2 aliphatic heterocycles. The van der Waals surface area contributed by atoms with E-state index in [9.17, 15) is 14.0 Å². The number of amides is 2. The molecule has 0 spiro atoms. The molecule has 9 heteroatoms. The van der Waals surface area contributed by atoms with Crippen molar-refractivity contribution >= 4 is 23.2 Å². The lowest BCUT2D eigenvalue weighted by molar-refractivity contribution is -0.130. The summed E-state index contributed by atoms with van der Waals surface area (Å²) in [4.78, 5) is 26.8. The predicted molar refractivity (Wildman–Crippen MR) is 115 cm³/mol. The van der Waals surface area contributed by atoms with Crippen LogP contribution in [0.1, 0.15) is 32.6 Å².